The van der Waals surface area contributed by atoms with Gasteiger partial charge >= 0.3 is 0 Å². The van der Waals surface area contributed by atoms with Crippen molar-refractivity contribution in [3.05, 3.63) is 27.5 Å². The molecule has 0 aliphatic carbocycles. The molecule has 0 nitrogen and oxygen atoms in total. The maximum atomic E-state index is 4.43. The number of rotatable bonds is 1. The topological polar surface area (TPSA) is 0 Å². The lowest BCUT2D eigenvalue weighted by Gasteiger charge is -1.94. The molecule has 0 N–H and O–H groups in total. The molecule has 4 heteroatoms. The summed E-state index contributed by atoms with van der Waals surface area (Å²) in [5.41, 5.74) is 0. The Balaban J connectivity index is 2.85. The lowest BCUT2D eigenvalue weighted by atomic mass is 10.2. The van der Waals surface area contributed by atoms with Crippen LogP contribution in [0.25, 0.3) is 10.1 Å². The van der Waals surface area contributed by atoms with Crippen molar-refractivity contribution < 1.29 is 0 Å². The molecule has 0 unspecified atom stereocenters. The van der Waals surface area contributed by atoms with Crippen LogP contribution in [0.15, 0.2) is 27.6 Å². The first-order valence-electron chi connectivity index (χ1n) is 3.69. The van der Waals surface area contributed by atoms with Crippen LogP contribution < -0.4 is 0 Å². The van der Waals surface area contributed by atoms with E-state index in [1.165, 1.54) is 19.4 Å². The second-order valence-electron chi connectivity index (χ2n) is 2.62. The smallest absolute Gasteiger partial charge is 0.0413 e. The molecular weight excluding hydrogens is 332 g/mol. The van der Waals surface area contributed by atoms with Crippen molar-refractivity contribution in [3.63, 3.8) is 0 Å². The Morgan fingerprint density at radius 2 is 2.15 bits per heavy atom. The third-order valence-corrected chi connectivity index (χ3v) is 5.42. The van der Waals surface area contributed by atoms with E-state index in [1.807, 2.05) is 12.1 Å². The molecule has 0 radical (unpaired) electrons. The molecule has 2 rings (SSSR count). The third-order valence-electron chi connectivity index (χ3n) is 1.82. The van der Waals surface area contributed by atoms with Crippen LogP contribution in [-0.2, 0) is 5.33 Å². The molecule has 0 spiro atoms. The normalized spacial score (nSPS) is 11.0. The van der Waals surface area contributed by atoms with Gasteiger partial charge in [-0.2, -0.15) is 0 Å². The minimum Gasteiger partial charge on any atom is -0.143 e. The van der Waals surface area contributed by atoms with E-state index >= 15 is 0 Å². The number of halogens is 2. The maximum absolute atomic E-state index is 4.43. The average molecular weight is 338 g/mol. The largest absolute Gasteiger partial charge is 0.143 e. The first-order chi connectivity index (χ1) is 6.24. The molecule has 68 valence electrons. The molecule has 13 heavy (non-hydrogen) atoms. The molecule has 0 bridgehead atoms. The number of alkyl halides is 1. The van der Waals surface area contributed by atoms with Gasteiger partial charge in [0.25, 0.3) is 0 Å². The summed E-state index contributed by atoms with van der Waals surface area (Å²) in [6.45, 7) is 0. The minimum atomic E-state index is 0.889. The number of hydrogen-bond acceptors (Lipinski definition) is 2. The summed E-state index contributed by atoms with van der Waals surface area (Å²) in [4.78, 5) is 2.35. The van der Waals surface area contributed by atoms with Crippen molar-refractivity contribution in [2.45, 2.75) is 10.2 Å². The van der Waals surface area contributed by atoms with Crippen LogP contribution in [0, 0.1) is 0 Å². The number of hydrogen-bond donors (Lipinski definition) is 1. The van der Waals surface area contributed by atoms with Crippen molar-refractivity contribution in [3.8, 4) is 0 Å². The molecule has 0 saturated heterocycles. The average Bonchev–Trinajstić information content (AvgIpc) is 2.44. The van der Waals surface area contributed by atoms with E-state index in [1.54, 1.807) is 11.3 Å². The van der Waals surface area contributed by atoms with Gasteiger partial charge in [0.2, 0.25) is 0 Å². The Morgan fingerprint density at radius 1 is 1.38 bits per heavy atom. The number of thiophene rings is 1. The highest BCUT2D eigenvalue weighted by atomic mass is 79.9. The van der Waals surface area contributed by atoms with E-state index in [0.717, 1.165) is 10.2 Å². The zero-order chi connectivity index (χ0) is 9.42. The van der Waals surface area contributed by atoms with Gasteiger partial charge in [-0.25, -0.2) is 0 Å². The van der Waals surface area contributed by atoms with Crippen LogP contribution in [0.1, 0.15) is 4.88 Å². The highest BCUT2D eigenvalue weighted by molar-refractivity contribution is 9.11. The van der Waals surface area contributed by atoms with Gasteiger partial charge in [-0.05, 0) is 28.1 Å². The Bertz CT molecular complexity index is 448. The third kappa shape index (κ3) is 1.69. The summed E-state index contributed by atoms with van der Waals surface area (Å²) in [5, 5.41) is 2.12. The van der Waals surface area contributed by atoms with Crippen molar-refractivity contribution in [1.82, 2.24) is 0 Å². The van der Waals surface area contributed by atoms with Crippen LogP contribution >= 0.6 is 55.8 Å². The van der Waals surface area contributed by atoms with Gasteiger partial charge < -0.3 is 0 Å². The van der Waals surface area contributed by atoms with Gasteiger partial charge in [0.05, 0.1) is 0 Å². The Hall–Kier alpha value is 0.490. The van der Waals surface area contributed by atoms with Crippen LogP contribution in [0.4, 0.5) is 0 Å². The Labute approximate surface area is 103 Å². The number of thiol groups is 1. The van der Waals surface area contributed by atoms with Gasteiger partial charge in [-0.3, -0.25) is 0 Å². The quantitative estimate of drug-likeness (QED) is 0.558. The fourth-order valence-electron chi connectivity index (χ4n) is 1.23. The van der Waals surface area contributed by atoms with E-state index in [0.29, 0.717) is 0 Å². The predicted octanol–water partition coefficient (Wildman–Crippen LogP) is 4.85. The summed E-state index contributed by atoms with van der Waals surface area (Å²) in [7, 11) is 0. The molecule has 0 amide bonds. The molecular formula is C9H6Br2S2. The summed E-state index contributed by atoms with van der Waals surface area (Å²) in [6.07, 6.45) is 0. The molecule has 2 aromatic rings. The highest BCUT2D eigenvalue weighted by Crippen LogP contribution is 2.39. The number of benzene rings is 1. The Morgan fingerprint density at radius 3 is 2.77 bits per heavy atom. The molecule has 0 fully saturated rings. The highest BCUT2D eigenvalue weighted by Gasteiger charge is 2.10. The molecule has 0 aliphatic rings. The lowest BCUT2D eigenvalue weighted by molar-refractivity contribution is 1.52. The fourth-order valence-corrected chi connectivity index (χ4v) is 4.69. The van der Waals surface area contributed by atoms with Gasteiger partial charge in [-0.15, -0.1) is 24.0 Å². The fraction of sp³-hybridized carbons (Fsp3) is 0.111. The summed E-state index contributed by atoms with van der Waals surface area (Å²) >= 11 is 13.3. The van der Waals surface area contributed by atoms with Crippen molar-refractivity contribution >= 4 is 65.9 Å². The second-order valence-corrected chi connectivity index (χ2v) is 5.60. The second kappa shape index (κ2) is 3.93. The molecule has 1 heterocycles. The number of fused-ring (bicyclic) bond motifs is 1. The standard InChI is InChI=1S/C9H6Br2S2/c10-4-7-9(11)8-5(12)2-1-3-6(8)13-7/h1-3,12H,4H2. The minimum absolute atomic E-state index is 0.889. The zero-order valence-electron chi connectivity index (χ0n) is 6.55. The summed E-state index contributed by atoms with van der Waals surface area (Å²) < 4.78 is 2.46. The molecule has 0 aliphatic heterocycles. The SMILES string of the molecule is Sc1cccc2sc(CBr)c(Br)c12. The van der Waals surface area contributed by atoms with Gasteiger partial charge in [0.15, 0.2) is 0 Å². The van der Waals surface area contributed by atoms with Gasteiger partial charge in [-0.1, -0.05) is 22.0 Å². The predicted molar refractivity (Wildman–Crippen MR) is 69.4 cm³/mol. The first kappa shape index (κ1) is 10.0. The molecule has 0 atom stereocenters. The van der Waals surface area contributed by atoms with Crippen LogP contribution in [0.2, 0.25) is 0 Å². The monoisotopic (exact) mass is 336 g/mol. The van der Waals surface area contributed by atoms with Crippen molar-refractivity contribution in [2.75, 3.05) is 0 Å². The molecule has 0 saturated carbocycles. The molecule has 1 aromatic heterocycles. The van der Waals surface area contributed by atoms with Crippen molar-refractivity contribution in [1.29, 1.82) is 0 Å². The van der Waals surface area contributed by atoms with Crippen LogP contribution in [0.3, 0.4) is 0 Å². The summed E-state index contributed by atoms with van der Waals surface area (Å²) in [5.74, 6) is 0. The van der Waals surface area contributed by atoms with E-state index in [2.05, 4.69) is 50.6 Å². The molecule has 1 aromatic carbocycles. The Kier molecular flexibility index (Phi) is 3.03. The lowest BCUT2D eigenvalue weighted by Crippen LogP contribution is -1.70. The van der Waals surface area contributed by atoms with Crippen LogP contribution in [-0.4, -0.2) is 0 Å². The zero-order valence-corrected chi connectivity index (χ0v) is 11.4. The van der Waals surface area contributed by atoms with E-state index in [-0.39, 0.29) is 0 Å². The van der Waals surface area contributed by atoms with E-state index in [4.69, 9.17) is 0 Å². The van der Waals surface area contributed by atoms with E-state index in [9.17, 15) is 0 Å². The van der Waals surface area contributed by atoms with Gasteiger partial charge in [0.1, 0.15) is 0 Å². The maximum Gasteiger partial charge on any atom is 0.0413 e. The van der Waals surface area contributed by atoms with Crippen LogP contribution in [0.5, 0.6) is 0 Å². The summed E-state index contributed by atoms with van der Waals surface area (Å²) in [6, 6.07) is 6.17. The van der Waals surface area contributed by atoms with Crippen molar-refractivity contribution in [2.24, 2.45) is 0 Å². The van der Waals surface area contributed by atoms with E-state index < -0.39 is 0 Å². The van der Waals surface area contributed by atoms with Gasteiger partial charge in [0, 0.05) is 29.7 Å². The first-order valence-corrected chi connectivity index (χ1v) is 6.86.